The third-order valence-corrected chi connectivity index (χ3v) is 3.74. The van der Waals surface area contributed by atoms with Gasteiger partial charge in [0.15, 0.2) is 0 Å². The summed E-state index contributed by atoms with van der Waals surface area (Å²) in [7, 11) is 0. The normalized spacial score (nSPS) is 11.0. The first kappa shape index (κ1) is 11.7. The SMILES string of the molecule is O=C(Cl)c1ccc2c(ccc3cc(Br)ccc32)c1. The van der Waals surface area contributed by atoms with Crippen LogP contribution in [0.3, 0.4) is 0 Å². The van der Waals surface area contributed by atoms with Crippen molar-refractivity contribution in [1.82, 2.24) is 0 Å². The predicted octanol–water partition coefficient (Wildman–Crippen LogP) is 5.13. The molecule has 0 atom stereocenters. The van der Waals surface area contributed by atoms with Crippen molar-refractivity contribution in [3.63, 3.8) is 0 Å². The van der Waals surface area contributed by atoms with Crippen LogP contribution in [0.5, 0.6) is 0 Å². The maximum Gasteiger partial charge on any atom is 0.252 e. The fourth-order valence-electron chi connectivity index (χ4n) is 2.16. The molecule has 0 aliphatic heterocycles. The Labute approximate surface area is 117 Å². The van der Waals surface area contributed by atoms with Crippen molar-refractivity contribution in [1.29, 1.82) is 0 Å². The molecule has 0 bridgehead atoms. The molecule has 0 saturated heterocycles. The van der Waals surface area contributed by atoms with Crippen LogP contribution in [-0.4, -0.2) is 5.24 Å². The van der Waals surface area contributed by atoms with Crippen LogP contribution in [0.2, 0.25) is 0 Å². The molecule has 18 heavy (non-hydrogen) atoms. The Bertz CT molecular complexity index is 780. The minimum absolute atomic E-state index is 0.423. The number of hydrogen-bond acceptors (Lipinski definition) is 1. The first-order valence-corrected chi connectivity index (χ1v) is 6.64. The average Bonchev–Trinajstić information content (AvgIpc) is 2.37. The summed E-state index contributed by atoms with van der Waals surface area (Å²) in [6, 6.07) is 15.8. The summed E-state index contributed by atoms with van der Waals surface area (Å²) < 4.78 is 1.06. The first-order valence-electron chi connectivity index (χ1n) is 5.47. The molecule has 0 radical (unpaired) electrons. The van der Waals surface area contributed by atoms with Gasteiger partial charge in [0, 0.05) is 10.0 Å². The van der Waals surface area contributed by atoms with Crippen molar-refractivity contribution in [3.05, 3.63) is 58.6 Å². The number of benzene rings is 3. The smallest absolute Gasteiger partial charge is 0.252 e. The average molecular weight is 320 g/mol. The maximum absolute atomic E-state index is 11.2. The van der Waals surface area contributed by atoms with Gasteiger partial charge in [0.2, 0.25) is 0 Å². The van der Waals surface area contributed by atoms with Crippen molar-refractivity contribution in [2.45, 2.75) is 0 Å². The zero-order chi connectivity index (χ0) is 12.7. The van der Waals surface area contributed by atoms with Crippen molar-refractivity contribution < 1.29 is 4.79 Å². The molecule has 0 aliphatic rings. The van der Waals surface area contributed by atoms with E-state index in [-0.39, 0.29) is 0 Å². The Kier molecular flexibility index (Phi) is 2.84. The van der Waals surface area contributed by atoms with Crippen molar-refractivity contribution >= 4 is 54.3 Å². The zero-order valence-electron chi connectivity index (χ0n) is 9.28. The quantitative estimate of drug-likeness (QED) is 0.448. The highest BCUT2D eigenvalue weighted by Gasteiger charge is 2.05. The highest BCUT2D eigenvalue weighted by atomic mass is 79.9. The van der Waals surface area contributed by atoms with Gasteiger partial charge in [0.1, 0.15) is 0 Å². The molecule has 0 amide bonds. The van der Waals surface area contributed by atoms with Gasteiger partial charge >= 0.3 is 0 Å². The summed E-state index contributed by atoms with van der Waals surface area (Å²) in [5.74, 6) is 0. The van der Waals surface area contributed by atoms with Crippen molar-refractivity contribution in [2.24, 2.45) is 0 Å². The number of carbonyl (C=O) groups is 1. The topological polar surface area (TPSA) is 17.1 Å². The molecule has 1 nitrogen and oxygen atoms in total. The van der Waals surface area contributed by atoms with Gasteiger partial charge in [-0.15, -0.1) is 0 Å². The lowest BCUT2D eigenvalue weighted by molar-refractivity contribution is 0.108. The highest BCUT2D eigenvalue weighted by molar-refractivity contribution is 9.10. The highest BCUT2D eigenvalue weighted by Crippen LogP contribution is 2.28. The van der Waals surface area contributed by atoms with E-state index in [9.17, 15) is 4.79 Å². The van der Waals surface area contributed by atoms with Gasteiger partial charge in [-0.1, -0.05) is 40.2 Å². The molecule has 0 aliphatic carbocycles. The second-order valence-electron chi connectivity index (χ2n) is 4.14. The van der Waals surface area contributed by atoms with Crippen LogP contribution in [0.15, 0.2) is 53.0 Å². The lowest BCUT2D eigenvalue weighted by atomic mass is 10.0. The van der Waals surface area contributed by atoms with E-state index in [1.807, 2.05) is 30.3 Å². The van der Waals surface area contributed by atoms with E-state index in [0.717, 1.165) is 15.2 Å². The molecule has 0 N–H and O–H groups in total. The molecular formula is C15H8BrClO. The van der Waals surface area contributed by atoms with E-state index in [4.69, 9.17) is 11.6 Å². The van der Waals surface area contributed by atoms with E-state index in [1.54, 1.807) is 6.07 Å². The molecule has 88 valence electrons. The Morgan fingerprint density at radius 3 is 2.17 bits per heavy atom. The second-order valence-corrected chi connectivity index (χ2v) is 5.40. The van der Waals surface area contributed by atoms with Gasteiger partial charge in [-0.05, 0) is 57.4 Å². The van der Waals surface area contributed by atoms with Crippen LogP contribution in [-0.2, 0) is 0 Å². The van der Waals surface area contributed by atoms with E-state index in [2.05, 4.69) is 28.1 Å². The fraction of sp³-hybridized carbons (Fsp3) is 0. The monoisotopic (exact) mass is 318 g/mol. The Hall–Kier alpha value is -1.38. The summed E-state index contributed by atoms with van der Waals surface area (Å²) >= 11 is 8.96. The van der Waals surface area contributed by atoms with Crippen LogP contribution >= 0.6 is 27.5 Å². The number of hydrogen-bond donors (Lipinski definition) is 0. The van der Waals surface area contributed by atoms with Gasteiger partial charge in [-0.25, -0.2) is 0 Å². The number of carbonyl (C=O) groups excluding carboxylic acids is 1. The Morgan fingerprint density at radius 1 is 0.889 bits per heavy atom. The van der Waals surface area contributed by atoms with E-state index in [0.29, 0.717) is 5.56 Å². The largest absolute Gasteiger partial charge is 0.276 e. The number of rotatable bonds is 1. The van der Waals surface area contributed by atoms with Crippen LogP contribution in [0.1, 0.15) is 10.4 Å². The Balaban J connectivity index is 2.38. The summed E-state index contributed by atoms with van der Waals surface area (Å²) in [5.41, 5.74) is 0.528. The lowest BCUT2D eigenvalue weighted by Crippen LogP contribution is -1.88. The molecule has 3 heteroatoms. The molecule has 3 aromatic rings. The molecule has 3 aromatic carbocycles. The fourth-order valence-corrected chi connectivity index (χ4v) is 2.66. The summed E-state index contributed by atoms with van der Waals surface area (Å²) in [6.45, 7) is 0. The molecule has 0 saturated carbocycles. The molecule has 0 aromatic heterocycles. The van der Waals surface area contributed by atoms with Gasteiger partial charge in [-0.2, -0.15) is 0 Å². The summed E-state index contributed by atoms with van der Waals surface area (Å²) in [5, 5.41) is 4.07. The second kappa shape index (κ2) is 4.38. The van der Waals surface area contributed by atoms with Crippen molar-refractivity contribution in [3.8, 4) is 0 Å². The summed E-state index contributed by atoms with van der Waals surface area (Å²) in [6.07, 6.45) is 0. The Morgan fingerprint density at radius 2 is 1.50 bits per heavy atom. The summed E-state index contributed by atoms with van der Waals surface area (Å²) in [4.78, 5) is 11.2. The molecule has 0 heterocycles. The molecule has 3 rings (SSSR count). The minimum atomic E-state index is -0.423. The van der Waals surface area contributed by atoms with Crippen LogP contribution in [0.25, 0.3) is 21.5 Å². The van der Waals surface area contributed by atoms with Crippen molar-refractivity contribution in [2.75, 3.05) is 0 Å². The third-order valence-electron chi connectivity index (χ3n) is 3.02. The zero-order valence-corrected chi connectivity index (χ0v) is 11.6. The van der Waals surface area contributed by atoms with Gasteiger partial charge < -0.3 is 0 Å². The minimum Gasteiger partial charge on any atom is -0.276 e. The standard InChI is InChI=1S/C15H8BrClO/c16-12-4-6-14-10(8-12)2-1-9-7-11(15(17)18)3-5-13(9)14/h1-8H. The lowest BCUT2D eigenvalue weighted by Gasteiger charge is -2.05. The van der Waals surface area contributed by atoms with Gasteiger partial charge in [-0.3, -0.25) is 4.79 Å². The van der Waals surface area contributed by atoms with E-state index >= 15 is 0 Å². The van der Waals surface area contributed by atoms with Gasteiger partial charge in [0.05, 0.1) is 0 Å². The predicted molar refractivity (Wildman–Crippen MR) is 79.3 cm³/mol. The molecular weight excluding hydrogens is 312 g/mol. The number of halogens is 2. The maximum atomic E-state index is 11.2. The van der Waals surface area contributed by atoms with Gasteiger partial charge in [0.25, 0.3) is 5.24 Å². The molecule has 0 fully saturated rings. The third kappa shape index (κ3) is 1.92. The van der Waals surface area contributed by atoms with Crippen LogP contribution < -0.4 is 0 Å². The van der Waals surface area contributed by atoms with E-state index < -0.39 is 5.24 Å². The number of fused-ring (bicyclic) bond motifs is 3. The van der Waals surface area contributed by atoms with Crippen LogP contribution in [0, 0.1) is 0 Å². The first-order chi connectivity index (χ1) is 8.65. The molecule has 0 unspecified atom stereocenters. The molecule has 0 spiro atoms. The van der Waals surface area contributed by atoms with E-state index in [1.165, 1.54) is 10.8 Å². The van der Waals surface area contributed by atoms with Crippen LogP contribution in [0.4, 0.5) is 0 Å².